The first kappa shape index (κ1) is 33.0. The van der Waals surface area contributed by atoms with Crippen molar-refractivity contribution in [1.29, 1.82) is 0 Å². The molecule has 1 N–H and O–H groups in total. The summed E-state index contributed by atoms with van der Waals surface area (Å²) in [5.74, 6) is 2.18. The van der Waals surface area contributed by atoms with E-state index in [-0.39, 0.29) is 42.5 Å². The molecule has 2 heterocycles. The van der Waals surface area contributed by atoms with Gasteiger partial charge in [-0.1, -0.05) is 85.7 Å². The van der Waals surface area contributed by atoms with E-state index in [4.69, 9.17) is 9.15 Å². The third kappa shape index (κ3) is 8.39. The van der Waals surface area contributed by atoms with Crippen LogP contribution in [0.3, 0.4) is 0 Å². The summed E-state index contributed by atoms with van der Waals surface area (Å²) in [7, 11) is 0. The topological polar surface area (TPSA) is 72.6 Å². The fraction of sp³-hybridized carbons (Fsp3) is 0.353. The number of hydrogen-bond donors (Lipinski definition) is 1. The smallest absolute Gasteiger partial charge is 0.228 e. The van der Waals surface area contributed by atoms with Gasteiger partial charge in [0.1, 0.15) is 17.1 Å². The Labute approximate surface area is 252 Å². The minimum absolute atomic E-state index is 0. The van der Waals surface area contributed by atoms with Crippen molar-refractivity contribution in [2.45, 2.75) is 68.2 Å². The SMILES string of the molecule is CCC(C)(C)C(=O)/C=C(\O)C(C)(C)CC.Cc1[c-]c(Oc2nccc3oc(-c4ccccc4)cc23)cc(C)c1.[Ir]. The molecule has 0 aliphatic rings. The second-order valence-electron chi connectivity index (χ2n) is 11.2. The Morgan fingerprint density at radius 1 is 1.00 bits per heavy atom. The maximum Gasteiger partial charge on any atom is 0.228 e. The van der Waals surface area contributed by atoms with E-state index in [1.807, 2.05) is 104 Å². The summed E-state index contributed by atoms with van der Waals surface area (Å²) < 4.78 is 11.9. The zero-order valence-electron chi connectivity index (χ0n) is 24.7. The minimum atomic E-state index is -0.377. The molecule has 2 aromatic heterocycles. The zero-order chi connectivity index (χ0) is 28.8. The van der Waals surface area contributed by atoms with Crippen LogP contribution in [0.15, 0.2) is 77.0 Å². The number of aromatic nitrogens is 1. The predicted molar refractivity (Wildman–Crippen MR) is 158 cm³/mol. The van der Waals surface area contributed by atoms with Crippen molar-refractivity contribution < 1.29 is 39.2 Å². The average Bonchev–Trinajstić information content (AvgIpc) is 3.34. The van der Waals surface area contributed by atoms with Gasteiger partial charge in [-0.3, -0.25) is 4.79 Å². The van der Waals surface area contributed by atoms with Crippen LogP contribution in [0.5, 0.6) is 11.6 Å². The minimum Gasteiger partial charge on any atom is -0.512 e. The number of carbonyl (C=O) groups is 1. The second-order valence-corrected chi connectivity index (χ2v) is 11.2. The number of aryl methyl sites for hydroxylation is 2. The Morgan fingerprint density at radius 3 is 2.25 bits per heavy atom. The monoisotopic (exact) mass is 719 g/mol. The van der Waals surface area contributed by atoms with Gasteiger partial charge in [0.2, 0.25) is 5.88 Å². The number of allylic oxidation sites excluding steroid dienone is 2. The number of carbonyl (C=O) groups excluding carboxylic acids is 1. The first-order chi connectivity index (χ1) is 18.4. The van der Waals surface area contributed by atoms with Gasteiger partial charge in [-0.25, -0.2) is 4.98 Å². The number of furan rings is 1. The number of ketones is 1. The molecule has 0 bridgehead atoms. The summed E-state index contributed by atoms with van der Waals surface area (Å²) in [6, 6.07) is 21.0. The van der Waals surface area contributed by atoms with Gasteiger partial charge in [0.05, 0.1) is 5.39 Å². The molecule has 2 aromatic carbocycles. The number of benzene rings is 2. The van der Waals surface area contributed by atoms with Gasteiger partial charge < -0.3 is 14.3 Å². The van der Waals surface area contributed by atoms with E-state index in [0.29, 0.717) is 11.6 Å². The first-order valence-corrected chi connectivity index (χ1v) is 13.4. The number of hydrogen-bond acceptors (Lipinski definition) is 5. The zero-order valence-corrected chi connectivity index (χ0v) is 27.1. The van der Waals surface area contributed by atoms with E-state index >= 15 is 0 Å². The van der Waals surface area contributed by atoms with Gasteiger partial charge in [0.25, 0.3) is 0 Å². The van der Waals surface area contributed by atoms with Crippen molar-refractivity contribution in [2.75, 3.05) is 0 Å². The Bertz CT molecular complexity index is 1430. The van der Waals surface area contributed by atoms with Crippen LogP contribution in [0.4, 0.5) is 0 Å². The average molecular weight is 719 g/mol. The molecule has 4 aromatic rings. The molecular formula is C34H40IrNO4-. The van der Waals surface area contributed by atoms with Gasteiger partial charge in [-0.2, -0.15) is 17.2 Å². The molecule has 0 aliphatic carbocycles. The molecule has 6 heteroatoms. The van der Waals surface area contributed by atoms with Crippen LogP contribution in [-0.4, -0.2) is 15.9 Å². The van der Waals surface area contributed by atoms with Crippen LogP contribution in [0.2, 0.25) is 0 Å². The van der Waals surface area contributed by atoms with Gasteiger partial charge in [0, 0.05) is 60.6 Å². The predicted octanol–water partition coefficient (Wildman–Crippen LogP) is 9.57. The van der Waals surface area contributed by atoms with Crippen molar-refractivity contribution >= 4 is 16.8 Å². The Kier molecular flexibility index (Phi) is 11.5. The van der Waals surface area contributed by atoms with Gasteiger partial charge in [0.15, 0.2) is 5.78 Å². The molecule has 1 radical (unpaired) electrons. The molecule has 215 valence electrons. The Morgan fingerprint density at radius 2 is 1.65 bits per heavy atom. The van der Waals surface area contributed by atoms with E-state index in [1.165, 1.54) is 6.08 Å². The van der Waals surface area contributed by atoms with Crippen molar-refractivity contribution in [3.8, 4) is 23.0 Å². The third-order valence-corrected chi connectivity index (χ3v) is 7.19. The summed E-state index contributed by atoms with van der Waals surface area (Å²) in [5, 5.41) is 10.7. The molecule has 40 heavy (non-hydrogen) atoms. The molecule has 0 amide bonds. The fourth-order valence-electron chi connectivity index (χ4n) is 3.65. The first-order valence-electron chi connectivity index (χ1n) is 13.4. The number of fused-ring (bicyclic) bond motifs is 1. The van der Waals surface area contributed by atoms with Crippen LogP contribution in [-0.2, 0) is 24.9 Å². The van der Waals surface area contributed by atoms with E-state index in [1.54, 1.807) is 6.20 Å². The quantitative estimate of drug-likeness (QED) is 0.112. The summed E-state index contributed by atoms with van der Waals surface area (Å²) in [6.07, 6.45) is 4.68. The number of nitrogens with zero attached hydrogens (tertiary/aromatic N) is 1. The van der Waals surface area contributed by atoms with Crippen molar-refractivity contribution in [3.63, 3.8) is 0 Å². The Balaban J connectivity index is 0.000000307. The second kappa shape index (κ2) is 13.9. The number of pyridine rings is 1. The number of aliphatic hydroxyl groups is 1. The molecule has 0 spiro atoms. The van der Waals surface area contributed by atoms with Crippen molar-refractivity contribution in [1.82, 2.24) is 4.98 Å². The number of aliphatic hydroxyl groups excluding tert-OH is 1. The van der Waals surface area contributed by atoms with Crippen LogP contribution < -0.4 is 4.74 Å². The molecule has 0 unspecified atom stereocenters. The van der Waals surface area contributed by atoms with Gasteiger partial charge in [-0.15, -0.1) is 12.1 Å². The van der Waals surface area contributed by atoms with E-state index in [9.17, 15) is 9.90 Å². The number of rotatable bonds is 8. The molecular weight excluding hydrogens is 679 g/mol. The molecule has 0 aliphatic heterocycles. The summed E-state index contributed by atoms with van der Waals surface area (Å²) in [4.78, 5) is 16.2. The van der Waals surface area contributed by atoms with Crippen LogP contribution in [0.25, 0.3) is 22.3 Å². The van der Waals surface area contributed by atoms with E-state index in [0.717, 1.165) is 46.3 Å². The summed E-state index contributed by atoms with van der Waals surface area (Å²) in [5.41, 5.74) is 3.26. The molecule has 0 saturated carbocycles. The summed E-state index contributed by atoms with van der Waals surface area (Å²) in [6.45, 7) is 15.7. The van der Waals surface area contributed by atoms with Crippen LogP contribution >= 0.6 is 0 Å². The molecule has 4 rings (SSSR count). The third-order valence-electron chi connectivity index (χ3n) is 7.19. The van der Waals surface area contributed by atoms with Gasteiger partial charge in [-0.05, 0) is 18.9 Å². The van der Waals surface area contributed by atoms with E-state index in [2.05, 4.69) is 17.1 Å². The number of ether oxygens (including phenoxy) is 1. The van der Waals surface area contributed by atoms with Gasteiger partial charge >= 0.3 is 0 Å². The normalized spacial score (nSPS) is 11.8. The van der Waals surface area contributed by atoms with E-state index < -0.39 is 0 Å². The molecule has 0 fully saturated rings. The molecule has 0 saturated heterocycles. The molecule has 0 atom stereocenters. The Hall–Kier alpha value is -3.21. The summed E-state index contributed by atoms with van der Waals surface area (Å²) >= 11 is 0. The maximum absolute atomic E-state index is 11.8. The van der Waals surface area contributed by atoms with Crippen LogP contribution in [0, 0.1) is 30.7 Å². The van der Waals surface area contributed by atoms with Crippen molar-refractivity contribution in [2.24, 2.45) is 10.8 Å². The largest absolute Gasteiger partial charge is 0.512 e. The van der Waals surface area contributed by atoms with Crippen molar-refractivity contribution in [3.05, 3.63) is 89.8 Å². The standard InChI is InChI=1S/C21H16NO2.C13H24O2.Ir/c1-14-10-15(2)12-17(11-14)23-21-18-13-20(16-6-4-3-5-7-16)24-19(18)8-9-22-21;1-7-12(3,4)10(14)9-11(15)13(5,6)8-2;/h3-11,13H,1-2H3;9,14H,7-8H2,1-6H3;/q-1;;/b;10-9-;. The van der Waals surface area contributed by atoms with Crippen LogP contribution in [0.1, 0.15) is 65.5 Å². The molecule has 5 nitrogen and oxygen atoms in total. The fourth-order valence-corrected chi connectivity index (χ4v) is 3.65. The maximum atomic E-state index is 11.8.